The lowest BCUT2D eigenvalue weighted by atomic mass is 9.73. The van der Waals surface area contributed by atoms with Gasteiger partial charge in [-0.15, -0.1) is 24.2 Å². The van der Waals surface area contributed by atoms with Gasteiger partial charge in [0.05, 0.1) is 28.5 Å². The average Bonchev–Trinajstić information content (AvgIpc) is 2.95. The molecule has 4 aliphatic rings. The van der Waals surface area contributed by atoms with Crippen molar-refractivity contribution in [3.05, 3.63) is 23.9 Å². The number of amides is 1. The fourth-order valence-corrected chi connectivity index (χ4v) is 6.33. The number of rotatable bonds is 2. The summed E-state index contributed by atoms with van der Waals surface area (Å²) < 4.78 is -0.00329. The topological polar surface area (TPSA) is 61.7 Å². The number of aliphatic hydroxyl groups is 1. The molecule has 2 fully saturated rings. The van der Waals surface area contributed by atoms with E-state index in [0.717, 1.165) is 50.0 Å². The molecule has 1 saturated heterocycles. The van der Waals surface area contributed by atoms with Gasteiger partial charge in [-0.3, -0.25) is 9.79 Å². The molecule has 24 heavy (non-hydrogen) atoms. The van der Waals surface area contributed by atoms with E-state index in [1.54, 1.807) is 0 Å². The third-order valence-corrected chi connectivity index (χ3v) is 7.55. The van der Waals surface area contributed by atoms with Crippen molar-refractivity contribution >= 4 is 36.3 Å². The van der Waals surface area contributed by atoms with Gasteiger partial charge in [0.25, 0.3) is 0 Å². The summed E-state index contributed by atoms with van der Waals surface area (Å²) in [4.78, 5) is 17.5. The minimum Gasteiger partial charge on any atom is -0.391 e. The molecule has 2 aliphatic carbocycles. The van der Waals surface area contributed by atoms with Gasteiger partial charge in [-0.05, 0) is 37.7 Å². The van der Waals surface area contributed by atoms with Crippen LogP contribution in [0.5, 0.6) is 0 Å². The number of thioether (sulfide) groups is 1. The Morgan fingerprint density at radius 3 is 3.04 bits per heavy atom. The van der Waals surface area contributed by atoms with Crippen LogP contribution in [-0.4, -0.2) is 39.9 Å². The standard InChI is InChI=1S/C18H24N2O2S.ClH/c21-15-6-2-1-5-14(15)20-17(22)12-11-23-18-9-4-3-7-16(18)19-10-8-13(12)18;/h3-4,7,10,12-15,21H,1-2,5-6,8-9,11H2,(H,20,22);1H. The first-order chi connectivity index (χ1) is 11.2. The molecule has 132 valence electrons. The number of nitrogens with zero attached hydrogens (tertiary/aromatic N) is 1. The van der Waals surface area contributed by atoms with E-state index in [1.807, 2.05) is 18.0 Å². The third kappa shape index (κ3) is 2.95. The van der Waals surface area contributed by atoms with Crippen LogP contribution in [0.4, 0.5) is 0 Å². The minimum absolute atomic E-state index is 0. The maximum Gasteiger partial charge on any atom is 0.224 e. The number of hydrogen-bond acceptors (Lipinski definition) is 4. The SMILES string of the molecule is Cl.O=C(NC1CCCCC1O)C1CSC23CC=CC=C2N=CCC13. The van der Waals surface area contributed by atoms with Crippen molar-refractivity contribution in [3.63, 3.8) is 0 Å². The van der Waals surface area contributed by atoms with Crippen LogP contribution in [0.1, 0.15) is 38.5 Å². The molecule has 6 heteroatoms. The zero-order valence-electron chi connectivity index (χ0n) is 13.7. The normalized spacial score (nSPS) is 40.1. The van der Waals surface area contributed by atoms with Gasteiger partial charge in [0.15, 0.2) is 0 Å². The van der Waals surface area contributed by atoms with Crippen LogP contribution < -0.4 is 5.32 Å². The Bertz CT molecular complexity index is 592. The lowest BCUT2D eigenvalue weighted by Crippen LogP contribution is -2.50. The first-order valence-electron chi connectivity index (χ1n) is 8.73. The smallest absolute Gasteiger partial charge is 0.224 e. The van der Waals surface area contributed by atoms with E-state index in [1.165, 1.54) is 0 Å². The number of carbonyl (C=O) groups is 1. The molecule has 2 N–H and O–H groups in total. The van der Waals surface area contributed by atoms with Gasteiger partial charge in [-0.1, -0.05) is 25.0 Å². The number of hydrogen-bond donors (Lipinski definition) is 2. The maximum atomic E-state index is 12.9. The maximum absolute atomic E-state index is 12.9. The van der Waals surface area contributed by atoms with Gasteiger partial charge < -0.3 is 10.4 Å². The van der Waals surface area contributed by atoms with Crippen molar-refractivity contribution < 1.29 is 9.90 Å². The summed E-state index contributed by atoms with van der Waals surface area (Å²) in [6, 6.07) is -0.0590. The average molecular weight is 369 g/mol. The van der Waals surface area contributed by atoms with Gasteiger partial charge in [0, 0.05) is 12.0 Å². The highest BCUT2D eigenvalue weighted by molar-refractivity contribution is 8.01. The number of nitrogens with one attached hydrogen (secondary N) is 1. The monoisotopic (exact) mass is 368 g/mol. The molecule has 0 aromatic rings. The summed E-state index contributed by atoms with van der Waals surface area (Å²) in [5.41, 5.74) is 1.13. The fraction of sp³-hybridized carbons (Fsp3) is 0.667. The molecule has 0 bridgehead atoms. The molecule has 0 aromatic heterocycles. The van der Waals surface area contributed by atoms with E-state index in [-0.39, 0.29) is 41.1 Å². The lowest BCUT2D eigenvalue weighted by molar-refractivity contribution is -0.127. The predicted molar refractivity (Wildman–Crippen MR) is 101 cm³/mol. The Hall–Kier alpha value is -0.780. The van der Waals surface area contributed by atoms with E-state index in [0.29, 0.717) is 5.92 Å². The van der Waals surface area contributed by atoms with Crippen LogP contribution in [-0.2, 0) is 4.79 Å². The summed E-state index contributed by atoms with van der Waals surface area (Å²) >= 11 is 1.90. The number of aliphatic hydroxyl groups excluding tert-OH is 1. The second-order valence-corrected chi connectivity index (χ2v) is 8.46. The van der Waals surface area contributed by atoms with Gasteiger partial charge in [-0.25, -0.2) is 0 Å². The molecule has 4 rings (SSSR count). The Morgan fingerprint density at radius 2 is 2.21 bits per heavy atom. The van der Waals surface area contributed by atoms with Crippen molar-refractivity contribution in [2.45, 2.75) is 55.4 Å². The number of allylic oxidation sites excluding steroid dienone is 3. The van der Waals surface area contributed by atoms with Gasteiger partial charge in [-0.2, -0.15) is 0 Å². The van der Waals surface area contributed by atoms with Crippen molar-refractivity contribution in [3.8, 4) is 0 Å². The molecule has 5 atom stereocenters. The highest BCUT2D eigenvalue weighted by atomic mass is 35.5. The summed E-state index contributed by atoms with van der Waals surface area (Å²) in [6.07, 6.45) is 13.7. The van der Waals surface area contributed by atoms with E-state index in [2.05, 4.69) is 28.5 Å². The van der Waals surface area contributed by atoms with E-state index in [9.17, 15) is 9.90 Å². The summed E-state index contributed by atoms with van der Waals surface area (Å²) in [5, 5.41) is 13.3. The first-order valence-corrected chi connectivity index (χ1v) is 9.71. The van der Waals surface area contributed by atoms with Gasteiger partial charge in [0.2, 0.25) is 5.91 Å². The highest BCUT2D eigenvalue weighted by Gasteiger charge is 2.54. The van der Waals surface area contributed by atoms with Crippen LogP contribution in [0.3, 0.4) is 0 Å². The van der Waals surface area contributed by atoms with Gasteiger partial charge >= 0.3 is 0 Å². The van der Waals surface area contributed by atoms with Crippen molar-refractivity contribution in [1.82, 2.24) is 5.32 Å². The van der Waals surface area contributed by atoms with E-state index in [4.69, 9.17) is 0 Å². The quantitative estimate of drug-likeness (QED) is 0.787. The predicted octanol–water partition coefficient (Wildman–Crippen LogP) is 2.86. The molecule has 2 heterocycles. The molecule has 0 aromatic carbocycles. The molecule has 2 aliphatic heterocycles. The van der Waals surface area contributed by atoms with Crippen molar-refractivity contribution in [2.24, 2.45) is 16.8 Å². The Morgan fingerprint density at radius 1 is 1.38 bits per heavy atom. The molecule has 1 saturated carbocycles. The van der Waals surface area contributed by atoms with Crippen LogP contribution in [0.15, 0.2) is 28.9 Å². The van der Waals surface area contributed by atoms with Crippen LogP contribution in [0.2, 0.25) is 0 Å². The van der Waals surface area contributed by atoms with Crippen LogP contribution in [0, 0.1) is 11.8 Å². The van der Waals surface area contributed by atoms with E-state index < -0.39 is 0 Å². The minimum atomic E-state index is -0.378. The summed E-state index contributed by atoms with van der Waals surface area (Å²) in [6.45, 7) is 0. The Labute approximate surface area is 153 Å². The lowest BCUT2D eigenvalue weighted by Gasteiger charge is -2.39. The van der Waals surface area contributed by atoms with Crippen molar-refractivity contribution in [1.29, 1.82) is 0 Å². The molecule has 4 nitrogen and oxygen atoms in total. The molecular formula is C18H25ClN2O2S. The fourth-order valence-electron chi connectivity index (χ4n) is 4.51. The molecular weight excluding hydrogens is 344 g/mol. The van der Waals surface area contributed by atoms with Crippen LogP contribution >= 0.6 is 24.2 Å². The second kappa shape index (κ2) is 7.22. The molecule has 0 radical (unpaired) electrons. The number of aliphatic imine (C=N–C) groups is 1. The van der Waals surface area contributed by atoms with E-state index >= 15 is 0 Å². The second-order valence-electron chi connectivity index (χ2n) is 7.11. The summed E-state index contributed by atoms with van der Waals surface area (Å²) in [7, 11) is 0. The largest absolute Gasteiger partial charge is 0.391 e. The van der Waals surface area contributed by atoms with Gasteiger partial charge in [0.1, 0.15) is 0 Å². The molecule has 5 unspecified atom stereocenters. The number of carbonyl (C=O) groups excluding carboxylic acids is 1. The molecule has 1 amide bonds. The Balaban J connectivity index is 0.00000169. The number of halogens is 1. The zero-order chi connectivity index (χ0) is 15.9. The van der Waals surface area contributed by atoms with Crippen molar-refractivity contribution in [2.75, 3.05) is 5.75 Å². The summed E-state index contributed by atoms with van der Waals surface area (Å²) in [5.74, 6) is 1.33. The van der Waals surface area contributed by atoms with Crippen LogP contribution in [0.25, 0.3) is 0 Å². The zero-order valence-corrected chi connectivity index (χ0v) is 15.3. The highest BCUT2D eigenvalue weighted by Crippen LogP contribution is 2.57. The molecule has 1 spiro atoms. The first kappa shape index (κ1) is 18.0. The Kier molecular flexibility index (Phi) is 5.42. The third-order valence-electron chi connectivity index (χ3n) is 5.83.